The number of morpholine rings is 1. The second kappa shape index (κ2) is 7.31. The molecule has 1 N–H and O–H groups in total. The lowest BCUT2D eigenvalue weighted by molar-refractivity contribution is -0.118. The number of hydrogen-bond donors (Lipinski definition) is 1. The summed E-state index contributed by atoms with van der Waals surface area (Å²) >= 11 is 0. The summed E-state index contributed by atoms with van der Waals surface area (Å²) in [4.78, 5) is 13.2. The molecule has 0 atom stereocenters. The van der Waals surface area contributed by atoms with E-state index in [0.717, 1.165) is 24.0 Å². The maximum atomic E-state index is 13.0. The van der Waals surface area contributed by atoms with Crippen LogP contribution in [0.5, 0.6) is 0 Å². The van der Waals surface area contributed by atoms with Crippen LogP contribution in [0.3, 0.4) is 0 Å². The second-order valence-corrected chi connectivity index (χ2v) is 9.33. The number of rotatable bonds is 5. The predicted octanol–water partition coefficient (Wildman–Crippen LogP) is 2.69. The Labute approximate surface area is 165 Å². The van der Waals surface area contributed by atoms with Crippen molar-refractivity contribution in [1.29, 1.82) is 0 Å². The summed E-state index contributed by atoms with van der Waals surface area (Å²) in [6.45, 7) is 3.34. The van der Waals surface area contributed by atoms with Gasteiger partial charge in [-0.3, -0.25) is 4.79 Å². The first-order valence-corrected chi connectivity index (χ1v) is 10.9. The highest BCUT2D eigenvalue weighted by atomic mass is 32.2. The van der Waals surface area contributed by atoms with Crippen molar-refractivity contribution in [1.82, 2.24) is 4.31 Å². The topological polar surface area (TPSA) is 75.7 Å². The molecule has 148 valence electrons. The standard InChI is InChI=1S/C21H24N2O4S/c1-16-7-8-18(28(25,26)23-11-13-27-14-12-23)15-19(16)22-20(24)21(9-10-21)17-5-3-2-4-6-17/h2-8,15H,9-14H2,1H3,(H,22,24). The summed E-state index contributed by atoms with van der Waals surface area (Å²) in [5, 5.41) is 2.98. The molecule has 2 fully saturated rings. The van der Waals surface area contributed by atoms with Crippen LogP contribution in [0.1, 0.15) is 24.0 Å². The van der Waals surface area contributed by atoms with Gasteiger partial charge < -0.3 is 10.1 Å². The van der Waals surface area contributed by atoms with Crippen molar-refractivity contribution in [2.75, 3.05) is 31.6 Å². The van der Waals surface area contributed by atoms with Crippen LogP contribution < -0.4 is 5.32 Å². The maximum Gasteiger partial charge on any atom is 0.243 e. The SMILES string of the molecule is Cc1ccc(S(=O)(=O)N2CCOCC2)cc1NC(=O)C1(c2ccccc2)CC1. The van der Waals surface area contributed by atoms with Gasteiger partial charge in [0.25, 0.3) is 0 Å². The zero-order valence-electron chi connectivity index (χ0n) is 15.8. The number of carbonyl (C=O) groups excluding carboxylic acids is 1. The number of anilines is 1. The highest BCUT2D eigenvalue weighted by molar-refractivity contribution is 7.89. The Bertz CT molecular complexity index is 979. The zero-order valence-corrected chi connectivity index (χ0v) is 16.7. The fourth-order valence-corrected chi connectivity index (χ4v) is 5.04. The van der Waals surface area contributed by atoms with Gasteiger partial charge in [0.1, 0.15) is 0 Å². The molecule has 0 aromatic heterocycles. The second-order valence-electron chi connectivity index (χ2n) is 7.40. The van der Waals surface area contributed by atoms with E-state index in [9.17, 15) is 13.2 Å². The largest absolute Gasteiger partial charge is 0.379 e. The lowest BCUT2D eigenvalue weighted by atomic mass is 9.95. The molecule has 0 unspecified atom stereocenters. The van der Waals surface area contributed by atoms with Crippen LogP contribution in [0.25, 0.3) is 0 Å². The predicted molar refractivity (Wildman–Crippen MR) is 107 cm³/mol. The van der Waals surface area contributed by atoms with E-state index in [2.05, 4.69) is 5.32 Å². The molecule has 0 bridgehead atoms. The molecule has 0 spiro atoms. The van der Waals surface area contributed by atoms with E-state index in [1.54, 1.807) is 18.2 Å². The highest BCUT2D eigenvalue weighted by Gasteiger charge is 2.51. The van der Waals surface area contributed by atoms with Gasteiger partial charge in [0.2, 0.25) is 15.9 Å². The fourth-order valence-electron chi connectivity index (χ4n) is 3.60. The van der Waals surface area contributed by atoms with Crippen molar-refractivity contribution in [3.05, 3.63) is 59.7 Å². The Morgan fingerprint density at radius 2 is 1.75 bits per heavy atom. The summed E-state index contributed by atoms with van der Waals surface area (Å²) in [6.07, 6.45) is 1.60. The van der Waals surface area contributed by atoms with Crippen molar-refractivity contribution in [2.45, 2.75) is 30.1 Å². The normalized spacial score (nSPS) is 19.2. The quantitative estimate of drug-likeness (QED) is 0.837. The molecule has 6 nitrogen and oxygen atoms in total. The number of benzene rings is 2. The van der Waals surface area contributed by atoms with Gasteiger partial charge in [-0.15, -0.1) is 0 Å². The smallest absolute Gasteiger partial charge is 0.243 e. The van der Waals surface area contributed by atoms with E-state index in [1.807, 2.05) is 37.3 Å². The Morgan fingerprint density at radius 3 is 2.39 bits per heavy atom. The Balaban J connectivity index is 1.59. The first-order valence-electron chi connectivity index (χ1n) is 9.49. The number of sulfonamides is 1. The highest BCUT2D eigenvalue weighted by Crippen LogP contribution is 2.49. The maximum absolute atomic E-state index is 13.0. The molecule has 1 aliphatic carbocycles. The van der Waals surface area contributed by atoms with Crippen molar-refractivity contribution in [2.24, 2.45) is 0 Å². The first-order chi connectivity index (χ1) is 13.4. The van der Waals surface area contributed by atoms with Gasteiger partial charge in [-0.25, -0.2) is 8.42 Å². The lowest BCUT2D eigenvalue weighted by Gasteiger charge is -2.26. The minimum atomic E-state index is -3.61. The Hall–Kier alpha value is -2.22. The molecule has 7 heteroatoms. The number of nitrogens with one attached hydrogen (secondary N) is 1. The van der Waals surface area contributed by atoms with Crippen LogP contribution in [0.4, 0.5) is 5.69 Å². The molecule has 0 radical (unpaired) electrons. The molecule has 2 aromatic rings. The van der Waals surface area contributed by atoms with Gasteiger partial charge >= 0.3 is 0 Å². The molecule has 1 aliphatic heterocycles. The van der Waals surface area contributed by atoms with Crippen molar-refractivity contribution < 1.29 is 17.9 Å². The van der Waals surface area contributed by atoms with Gasteiger partial charge in [0.05, 0.1) is 23.5 Å². The number of carbonyl (C=O) groups is 1. The average Bonchev–Trinajstić information content (AvgIpc) is 3.53. The number of hydrogen-bond acceptors (Lipinski definition) is 4. The molecule has 1 heterocycles. The van der Waals surface area contributed by atoms with E-state index < -0.39 is 15.4 Å². The van der Waals surface area contributed by atoms with Crippen LogP contribution in [0, 0.1) is 6.92 Å². The van der Waals surface area contributed by atoms with Gasteiger partial charge in [-0.2, -0.15) is 4.31 Å². The minimum Gasteiger partial charge on any atom is -0.379 e. The Morgan fingerprint density at radius 1 is 1.07 bits per heavy atom. The van der Waals surface area contributed by atoms with Gasteiger partial charge in [0.15, 0.2) is 0 Å². The molecular weight excluding hydrogens is 376 g/mol. The van der Waals surface area contributed by atoms with Crippen molar-refractivity contribution >= 4 is 21.6 Å². The Kier molecular flexibility index (Phi) is 4.99. The van der Waals surface area contributed by atoms with Crippen molar-refractivity contribution in [3.63, 3.8) is 0 Å². The summed E-state index contributed by atoms with van der Waals surface area (Å²) in [6, 6.07) is 14.6. The molecular formula is C21H24N2O4S. The van der Waals surface area contributed by atoms with Crippen LogP contribution in [-0.4, -0.2) is 44.9 Å². The molecule has 1 saturated carbocycles. The van der Waals surface area contributed by atoms with Gasteiger partial charge in [0, 0.05) is 18.8 Å². The summed E-state index contributed by atoms with van der Waals surface area (Å²) in [5.41, 5.74) is 1.87. The molecule has 4 rings (SSSR count). The number of aryl methyl sites for hydroxylation is 1. The fraction of sp³-hybridized carbons (Fsp3) is 0.381. The average molecular weight is 401 g/mol. The van der Waals surface area contributed by atoms with E-state index in [1.165, 1.54) is 4.31 Å². The number of nitrogens with zero attached hydrogens (tertiary/aromatic N) is 1. The third-order valence-corrected chi connectivity index (χ3v) is 7.47. The van der Waals surface area contributed by atoms with Crippen LogP contribution in [0.15, 0.2) is 53.4 Å². The van der Waals surface area contributed by atoms with Crippen molar-refractivity contribution in [3.8, 4) is 0 Å². The van der Waals surface area contributed by atoms with Gasteiger partial charge in [-0.05, 0) is 43.0 Å². The van der Waals surface area contributed by atoms with Crippen LogP contribution in [-0.2, 0) is 25.0 Å². The van der Waals surface area contributed by atoms with Crippen LogP contribution in [0.2, 0.25) is 0 Å². The molecule has 2 aliphatic rings. The van der Waals surface area contributed by atoms with E-state index >= 15 is 0 Å². The molecule has 1 amide bonds. The summed E-state index contributed by atoms with van der Waals surface area (Å²) in [7, 11) is -3.61. The number of ether oxygens (including phenoxy) is 1. The van der Waals surface area contributed by atoms with E-state index in [0.29, 0.717) is 32.0 Å². The first kappa shape index (κ1) is 19.1. The third-order valence-electron chi connectivity index (χ3n) is 5.58. The monoisotopic (exact) mass is 400 g/mol. The molecule has 1 saturated heterocycles. The van der Waals surface area contributed by atoms with E-state index in [4.69, 9.17) is 4.74 Å². The van der Waals surface area contributed by atoms with Crippen LogP contribution >= 0.6 is 0 Å². The van der Waals surface area contributed by atoms with E-state index in [-0.39, 0.29) is 10.8 Å². The molecule has 2 aromatic carbocycles. The lowest BCUT2D eigenvalue weighted by Crippen LogP contribution is -2.40. The summed E-state index contributed by atoms with van der Waals surface area (Å²) in [5.74, 6) is -0.0808. The summed E-state index contributed by atoms with van der Waals surface area (Å²) < 4.78 is 32.5. The number of amides is 1. The zero-order chi connectivity index (χ0) is 19.8. The minimum absolute atomic E-state index is 0.0808. The van der Waals surface area contributed by atoms with Gasteiger partial charge in [-0.1, -0.05) is 36.4 Å². The third kappa shape index (κ3) is 3.45. The molecule has 28 heavy (non-hydrogen) atoms.